The third kappa shape index (κ3) is 5.18. The number of carbonyl (C=O) groups excluding carboxylic acids is 1. The van der Waals surface area contributed by atoms with Gasteiger partial charge in [-0.2, -0.15) is 0 Å². The summed E-state index contributed by atoms with van der Waals surface area (Å²) in [5, 5.41) is 14.1. The first-order chi connectivity index (χ1) is 15.3. The highest BCUT2D eigenvalue weighted by molar-refractivity contribution is 5.91. The zero-order valence-corrected chi connectivity index (χ0v) is 18.2. The summed E-state index contributed by atoms with van der Waals surface area (Å²) >= 11 is 0. The number of carbonyl (C=O) groups is 1. The van der Waals surface area contributed by atoms with E-state index in [-0.39, 0.29) is 29.8 Å². The highest BCUT2D eigenvalue weighted by Crippen LogP contribution is 2.30. The molecule has 9 heteroatoms. The first-order valence-electron chi connectivity index (χ1n) is 9.81. The number of nitrogens with zero attached hydrogens (tertiary/aromatic N) is 1. The summed E-state index contributed by atoms with van der Waals surface area (Å²) in [6.07, 6.45) is 0. The van der Waals surface area contributed by atoms with Gasteiger partial charge in [0.1, 0.15) is 23.9 Å². The molecule has 1 unspecified atom stereocenters. The fourth-order valence-electron chi connectivity index (χ4n) is 3.14. The lowest BCUT2D eigenvalue weighted by Gasteiger charge is -2.17. The van der Waals surface area contributed by atoms with Gasteiger partial charge in [-0.1, -0.05) is 6.07 Å². The van der Waals surface area contributed by atoms with Crippen LogP contribution in [0.1, 0.15) is 40.4 Å². The van der Waals surface area contributed by atoms with Crippen LogP contribution in [-0.4, -0.2) is 25.1 Å². The minimum absolute atomic E-state index is 0.0591. The number of rotatable bonds is 9. The molecular weight excluding hydrogens is 416 g/mol. The van der Waals surface area contributed by atoms with Gasteiger partial charge in [-0.15, -0.1) is 0 Å². The van der Waals surface area contributed by atoms with Crippen molar-refractivity contribution in [3.8, 4) is 17.2 Å². The lowest BCUT2D eigenvalue weighted by Crippen LogP contribution is -2.26. The minimum atomic E-state index is -0.502. The summed E-state index contributed by atoms with van der Waals surface area (Å²) in [6, 6.07) is 12.7. The van der Waals surface area contributed by atoms with E-state index in [0.717, 1.165) is 11.1 Å². The van der Waals surface area contributed by atoms with E-state index in [9.17, 15) is 14.9 Å². The molecule has 0 fully saturated rings. The Bertz CT molecular complexity index is 1120. The number of furan rings is 1. The molecule has 0 bridgehead atoms. The number of nitrogens with one attached hydrogen (secondary N) is 1. The maximum Gasteiger partial charge on any atom is 0.311 e. The third-order valence-corrected chi connectivity index (χ3v) is 4.82. The lowest BCUT2D eigenvalue weighted by molar-refractivity contribution is -0.386. The average molecular weight is 440 g/mol. The highest BCUT2D eigenvalue weighted by atomic mass is 16.6. The largest absolute Gasteiger partial charge is 0.497 e. The minimum Gasteiger partial charge on any atom is -0.497 e. The molecule has 2 aromatic carbocycles. The number of hydrogen-bond acceptors (Lipinski definition) is 7. The molecule has 1 heterocycles. The highest BCUT2D eigenvalue weighted by Gasteiger charge is 2.20. The summed E-state index contributed by atoms with van der Waals surface area (Å²) in [5.74, 6) is 1.42. The smallest absolute Gasteiger partial charge is 0.311 e. The molecular formula is C23H24N2O7. The molecule has 32 heavy (non-hydrogen) atoms. The Hall–Kier alpha value is -4.01. The Labute approximate surface area is 185 Å². The number of hydrogen-bond donors (Lipinski definition) is 1. The monoisotopic (exact) mass is 440 g/mol. The molecule has 9 nitrogen and oxygen atoms in total. The SMILES string of the molecule is COc1ccc(OC)c(C(C)NC(=O)c2ccc(COc3ccc(C)cc3[N+](=O)[O-])o2)c1. The summed E-state index contributed by atoms with van der Waals surface area (Å²) in [7, 11) is 3.11. The molecule has 3 rings (SSSR count). The van der Waals surface area contributed by atoms with Gasteiger partial charge >= 0.3 is 5.69 Å². The predicted octanol–water partition coefficient (Wildman–Crippen LogP) is 4.58. The van der Waals surface area contributed by atoms with Crippen molar-refractivity contribution in [3.05, 3.63) is 81.3 Å². The first-order valence-corrected chi connectivity index (χ1v) is 9.81. The number of ether oxygens (including phenoxy) is 3. The topological polar surface area (TPSA) is 113 Å². The van der Waals surface area contributed by atoms with Crippen molar-refractivity contribution in [1.82, 2.24) is 5.32 Å². The normalized spacial score (nSPS) is 11.5. The second-order valence-electron chi connectivity index (χ2n) is 7.09. The van der Waals surface area contributed by atoms with Gasteiger partial charge in [0.25, 0.3) is 5.91 Å². The number of aryl methyl sites for hydroxylation is 1. The summed E-state index contributed by atoms with van der Waals surface area (Å²) < 4.78 is 21.7. The van der Waals surface area contributed by atoms with Crippen molar-refractivity contribution in [2.75, 3.05) is 14.2 Å². The molecule has 3 aromatic rings. The molecule has 0 aliphatic carbocycles. The van der Waals surface area contributed by atoms with Crippen LogP contribution in [0.15, 0.2) is 52.9 Å². The van der Waals surface area contributed by atoms with Crippen molar-refractivity contribution in [2.45, 2.75) is 26.5 Å². The summed E-state index contributed by atoms with van der Waals surface area (Å²) in [4.78, 5) is 23.4. The molecule has 1 aromatic heterocycles. The van der Waals surface area contributed by atoms with Gasteiger partial charge < -0.3 is 23.9 Å². The maximum absolute atomic E-state index is 12.6. The number of methoxy groups -OCH3 is 2. The van der Waals surface area contributed by atoms with Crippen LogP contribution in [0.3, 0.4) is 0 Å². The van der Waals surface area contributed by atoms with Crippen LogP contribution in [-0.2, 0) is 6.61 Å². The van der Waals surface area contributed by atoms with E-state index in [4.69, 9.17) is 18.6 Å². The van der Waals surface area contributed by atoms with Crippen LogP contribution in [0, 0.1) is 17.0 Å². The first kappa shape index (κ1) is 22.7. The van der Waals surface area contributed by atoms with Gasteiger partial charge in [0.15, 0.2) is 11.5 Å². The summed E-state index contributed by atoms with van der Waals surface area (Å²) in [6.45, 7) is 3.52. The Morgan fingerprint density at radius 1 is 1.09 bits per heavy atom. The number of amides is 1. The Morgan fingerprint density at radius 3 is 2.53 bits per heavy atom. The predicted molar refractivity (Wildman–Crippen MR) is 116 cm³/mol. The van der Waals surface area contributed by atoms with Crippen molar-refractivity contribution in [1.29, 1.82) is 0 Å². The van der Waals surface area contributed by atoms with E-state index in [0.29, 0.717) is 17.3 Å². The van der Waals surface area contributed by atoms with E-state index in [1.807, 2.05) is 6.92 Å². The molecule has 0 radical (unpaired) electrons. The zero-order chi connectivity index (χ0) is 23.3. The molecule has 0 aliphatic rings. The van der Waals surface area contributed by atoms with Gasteiger partial charge in [0.05, 0.1) is 25.2 Å². The number of nitro groups is 1. The van der Waals surface area contributed by atoms with Gasteiger partial charge in [-0.05, 0) is 55.8 Å². The molecule has 1 N–H and O–H groups in total. The molecule has 0 saturated carbocycles. The van der Waals surface area contributed by atoms with Crippen molar-refractivity contribution >= 4 is 11.6 Å². The standard InChI is InChI=1S/C23H24N2O7/c1-14-5-8-21(19(11-14)25(27)28)31-13-17-7-10-22(32-17)23(26)24-15(2)18-12-16(29-3)6-9-20(18)30-4/h5-12,15H,13H2,1-4H3,(H,24,26). The second-order valence-corrected chi connectivity index (χ2v) is 7.09. The van der Waals surface area contributed by atoms with Gasteiger partial charge in [-0.3, -0.25) is 14.9 Å². The molecule has 1 amide bonds. The fourth-order valence-corrected chi connectivity index (χ4v) is 3.14. The average Bonchev–Trinajstić information content (AvgIpc) is 3.26. The van der Waals surface area contributed by atoms with Crippen LogP contribution in [0.25, 0.3) is 0 Å². The molecule has 0 aliphatic heterocycles. The van der Waals surface area contributed by atoms with Crippen LogP contribution in [0.2, 0.25) is 0 Å². The van der Waals surface area contributed by atoms with Crippen LogP contribution < -0.4 is 19.5 Å². The van der Waals surface area contributed by atoms with E-state index in [1.165, 1.54) is 18.2 Å². The van der Waals surface area contributed by atoms with Gasteiger partial charge in [0, 0.05) is 11.6 Å². The van der Waals surface area contributed by atoms with Gasteiger partial charge in [-0.25, -0.2) is 0 Å². The van der Waals surface area contributed by atoms with Crippen molar-refractivity contribution in [3.63, 3.8) is 0 Å². The Kier molecular flexibility index (Phi) is 6.99. The molecule has 1 atom stereocenters. The van der Waals surface area contributed by atoms with Crippen LogP contribution in [0.4, 0.5) is 5.69 Å². The van der Waals surface area contributed by atoms with E-state index >= 15 is 0 Å². The van der Waals surface area contributed by atoms with Gasteiger partial charge in [0.2, 0.25) is 0 Å². The fraction of sp³-hybridized carbons (Fsp3) is 0.261. The number of nitro benzene ring substituents is 1. The lowest BCUT2D eigenvalue weighted by atomic mass is 10.1. The zero-order valence-electron chi connectivity index (χ0n) is 18.2. The quantitative estimate of drug-likeness (QED) is 0.383. The van der Waals surface area contributed by atoms with Crippen LogP contribution >= 0.6 is 0 Å². The molecule has 168 valence electrons. The van der Waals surface area contributed by atoms with E-state index in [2.05, 4.69) is 5.32 Å². The number of benzene rings is 2. The summed E-state index contributed by atoms with van der Waals surface area (Å²) in [5.41, 5.74) is 1.38. The Balaban J connectivity index is 1.67. The van der Waals surface area contributed by atoms with Crippen molar-refractivity contribution < 1.29 is 28.3 Å². The molecule has 0 saturated heterocycles. The maximum atomic E-state index is 12.6. The van der Waals surface area contributed by atoms with Crippen LogP contribution in [0.5, 0.6) is 17.2 Å². The van der Waals surface area contributed by atoms with Crippen molar-refractivity contribution in [2.24, 2.45) is 0 Å². The Morgan fingerprint density at radius 2 is 1.84 bits per heavy atom. The third-order valence-electron chi connectivity index (χ3n) is 4.82. The molecule has 0 spiro atoms. The second kappa shape index (κ2) is 9.86. The van der Waals surface area contributed by atoms with E-state index in [1.54, 1.807) is 51.5 Å². The van der Waals surface area contributed by atoms with E-state index < -0.39 is 10.8 Å².